The van der Waals surface area contributed by atoms with Gasteiger partial charge in [0.25, 0.3) is 0 Å². The summed E-state index contributed by atoms with van der Waals surface area (Å²) >= 11 is 0. The van der Waals surface area contributed by atoms with Gasteiger partial charge in [-0.1, -0.05) is 6.07 Å². The van der Waals surface area contributed by atoms with Gasteiger partial charge in [0.1, 0.15) is 5.82 Å². The van der Waals surface area contributed by atoms with Crippen molar-refractivity contribution in [1.82, 2.24) is 4.72 Å². The van der Waals surface area contributed by atoms with Crippen molar-refractivity contribution in [2.24, 2.45) is 0 Å². The number of sulfonamides is 1. The molecule has 0 fully saturated rings. The van der Waals surface area contributed by atoms with Crippen molar-refractivity contribution < 1.29 is 17.9 Å². The predicted octanol–water partition coefficient (Wildman–Crippen LogP) is 0.795. The van der Waals surface area contributed by atoms with Crippen molar-refractivity contribution in [3.05, 3.63) is 29.6 Å². The highest BCUT2D eigenvalue weighted by Gasteiger charge is 2.16. The summed E-state index contributed by atoms with van der Waals surface area (Å²) in [6, 6.07) is 3.61. The molecule has 90 valence electrons. The van der Waals surface area contributed by atoms with Gasteiger partial charge in [0.05, 0.1) is 4.90 Å². The SMILES string of the molecule is Cc1ccc(F)cc1S(=O)(=O)NCCCO. The molecule has 0 heterocycles. The van der Waals surface area contributed by atoms with Gasteiger partial charge in [-0.25, -0.2) is 17.5 Å². The van der Waals surface area contributed by atoms with Crippen LogP contribution in [0.2, 0.25) is 0 Å². The molecule has 2 N–H and O–H groups in total. The Morgan fingerprint density at radius 3 is 2.75 bits per heavy atom. The first-order chi connectivity index (χ1) is 7.47. The first-order valence-corrected chi connectivity index (χ1v) is 6.32. The maximum absolute atomic E-state index is 12.9. The first kappa shape index (κ1) is 13.1. The fourth-order valence-electron chi connectivity index (χ4n) is 1.23. The molecule has 1 aromatic rings. The third-order valence-electron chi connectivity index (χ3n) is 2.07. The molecule has 1 aromatic carbocycles. The van der Waals surface area contributed by atoms with Crippen molar-refractivity contribution in [2.45, 2.75) is 18.2 Å². The summed E-state index contributed by atoms with van der Waals surface area (Å²) < 4.78 is 38.7. The van der Waals surface area contributed by atoms with Gasteiger partial charge in [-0.2, -0.15) is 0 Å². The summed E-state index contributed by atoms with van der Waals surface area (Å²) in [4.78, 5) is -0.0644. The molecule has 0 atom stereocenters. The molecule has 1 rings (SSSR count). The van der Waals surface area contributed by atoms with Crippen LogP contribution in [0.4, 0.5) is 4.39 Å². The van der Waals surface area contributed by atoms with Crippen molar-refractivity contribution >= 4 is 10.0 Å². The van der Waals surface area contributed by atoms with E-state index in [1.807, 2.05) is 0 Å². The number of benzene rings is 1. The smallest absolute Gasteiger partial charge is 0.240 e. The number of aliphatic hydroxyl groups excluding tert-OH is 1. The van der Waals surface area contributed by atoms with Crippen LogP contribution in [0.25, 0.3) is 0 Å². The minimum absolute atomic E-state index is 0.0644. The molecule has 0 spiro atoms. The van der Waals surface area contributed by atoms with Gasteiger partial charge in [-0.05, 0) is 31.0 Å². The summed E-state index contributed by atoms with van der Waals surface area (Å²) in [5, 5.41) is 8.54. The van der Waals surface area contributed by atoms with Crippen molar-refractivity contribution in [2.75, 3.05) is 13.2 Å². The molecule has 0 unspecified atom stereocenters. The lowest BCUT2D eigenvalue weighted by atomic mass is 10.2. The van der Waals surface area contributed by atoms with Crippen LogP contribution in [0.1, 0.15) is 12.0 Å². The van der Waals surface area contributed by atoms with E-state index >= 15 is 0 Å². The molecule has 0 bridgehead atoms. The number of hydrogen-bond acceptors (Lipinski definition) is 3. The topological polar surface area (TPSA) is 66.4 Å². The minimum Gasteiger partial charge on any atom is -0.396 e. The molecule has 16 heavy (non-hydrogen) atoms. The Balaban J connectivity index is 2.93. The third-order valence-corrected chi connectivity index (χ3v) is 3.67. The molecule has 6 heteroatoms. The maximum atomic E-state index is 12.9. The molecule has 0 aromatic heterocycles. The molecule has 4 nitrogen and oxygen atoms in total. The van der Waals surface area contributed by atoms with Crippen molar-refractivity contribution in [3.8, 4) is 0 Å². The van der Waals surface area contributed by atoms with Crippen LogP contribution in [0.15, 0.2) is 23.1 Å². The third kappa shape index (κ3) is 3.26. The van der Waals surface area contributed by atoms with E-state index in [1.165, 1.54) is 12.1 Å². The van der Waals surface area contributed by atoms with E-state index in [0.717, 1.165) is 6.07 Å². The fourth-order valence-corrected chi connectivity index (χ4v) is 2.56. The van der Waals surface area contributed by atoms with E-state index in [-0.39, 0.29) is 18.0 Å². The zero-order valence-electron chi connectivity index (χ0n) is 8.90. The van der Waals surface area contributed by atoms with Gasteiger partial charge < -0.3 is 5.11 Å². The van der Waals surface area contributed by atoms with E-state index < -0.39 is 15.8 Å². The van der Waals surface area contributed by atoms with Crippen molar-refractivity contribution in [1.29, 1.82) is 0 Å². The highest BCUT2D eigenvalue weighted by molar-refractivity contribution is 7.89. The summed E-state index contributed by atoms with van der Waals surface area (Å²) in [5.41, 5.74) is 0.484. The molecule has 0 aliphatic rings. The Labute approximate surface area is 94.2 Å². The lowest BCUT2D eigenvalue weighted by Crippen LogP contribution is -2.26. The Kier molecular flexibility index (Phi) is 4.40. The lowest BCUT2D eigenvalue weighted by Gasteiger charge is -2.08. The Bertz CT molecular complexity index is 459. The highest BCUT2D eigenvalue weighted by atomic mass is 32.2. The van der Waals surface area contributed by atoms with Gasteiger partial charge in [-0.3, -0.25) is 0 Å². The molecule has 0 radical (unpaired) electrons. The standard InChI is InChI=1S/C10H14FNO3S/c1-8-3-4-9(11)7-10(8)16(14,15)12-5-2-6-13/h3-4,7,12-13H,2,5-6H2,1H3. The first-order valence-electron chi connectivity index (χ1n) is 4.84. The number of rotatable bonds is 5. The van der Waals surface area contributed by atoms with E-state index in [1.54, 1.807) is 6.92 Å². The fraction of sp³-hybridized carbons (Fsp3) is 0.400. The quantitative estimate of drug-likeness (QED) is 0.756. The zero-order valence-corrected chi connectivity index (χ0v) is 9.72. The average Bonchev–Trinajstić information content (AvgIpc) is 2.22. The number of hydrogen-bond donors (Lipinski definition) is 2. The van der Waals surface area contributed by atoms with Gasteiger partial charge in [0.15, 0.2) is 0 Å². The minimum atomic E-state index is -3.69. The maximum Gasteiger partial charge on any atom is 0.240 e. The van der Waals surface area contributed by atoms with E-state index in [4.69, 9.17) is 5.11 Å². The second kappa shape index (κ2) is 5.38. The number of halogens is 1. The van der Waals surface area contributed by atoms with Crippen LogP contribution in [0.5, 0.6) is 0 Å². The predicted molar refractivity (Wildman–Crippen MR) is 58.0 cm³/mol. The van der Waals surface area contributed by atoms with Crippen LogP contribution >= 0.6 is 0 Å². The van der Waals surface area contributed by atoms with Gasteiger partial charge in [0, 0.05) is 13.2 Å². The summed E-state index contributed by atoms with van der Waals surface area (Å²) in [6.07, 6.45) is 0.327. The lowest BCUT2D eigenvalue weighted by molar-refractivity contribution is 0.289. The monoisotopic (exact) mass is 247 g/mol. The summed E-state index contributed by atoms with van der Waals surface area (Å²) in [5.74, 6) is -0.590. The Morgan fingerprint density at radius 2 is 2.12 bits per heavy atom. The van der Waals surface area contributed by atoms with Crippen LogP contribution in [0.3, 0.4) is 0 Å². The van der Waals surface area contributed by atoms with Crippen LogP contribution in [-0.4, -0.2) is 26.7 Å². The van der Waals surface area contributed by atoms with Gasteiger partial charge in [-0.15, -0.1) is 0 Å². The molecular weight excluding hydrogens is 233 g/mol. The van der Waals surface area contributed by atoms with Crippen LogP contribution < -0.4 is 4.72 Å². The van der Waals surface area contributed by atoms with E-state index in [9.17, 15) is 12.8 Å². The Hall–Kier alpha value is -0.980. The molecule has 0 saturated carbocycles. The molecule has 0 aliphatic carbocycles. The van der Waals surface area contributed by atoms with E-state index in [2.05, 4.69) is 4.72 Å². The summed E-state index contributed by atoms with van der Waals surface area (Å²) in [7, 11) is -3.69. The zero-order chi connectivity index (χ0) is 12.2. The molecular formula is C10H14FNO3S. The van der Waals surface area contributed by atoms with Crippen LogP contribution in [-0.2, 0) is 10.0 Å². The largest absolute Gasteiger partial charge is 0.396 e. The van der Waals surface area contributed by atoms with Crippen molar-refractivity contribution in [3.63, 3.8) is 0 Å². The molecule has 0 amide bonds. The second-order valence-electron chi connectivity index (χ2n) is 3.38. The number of nitrogens with one attached hydrogen (secondary N) is 1. The normalized spacial score (nSPS) is 11.7. The van der Waals surface area contributed by atoms with Gasteiger partial charge >= 0.3 is 0 Å². The molecule has 0 aliphatic heterocycles. The Morgan fingerprint density at radius 1 is 1.44 bits per heavy atom. The summed E-state index contributed by atoms with van der Waals surface area (Å²) in [6.45, 7) is 1.64. The van der Waals surface area contributed by atoms with Gasteiger partial charge in [0.2, 0.25) is 10.0 Å². The molecule has 0 saturated heterocycles. The number of aryl methyl sites for hydroxylation is 1. The average molecular weight is 247 g/mol. The number of aliphatic hydroxyl groups is 1. The highest BCUT2D eigenvalue weighted by Crippen LogP contribution is 2.15. The van der Waals surface area contributed by atoms with E-state index in [0.29, 0.717) is 12.0 Å². The van der Waals surface area contributed by atoms with Crippen LogP contribution in [0, 0.1) is 12.7 Å². The second-order valence-corrected chi connectivity index (χ2v) is 5.12.